The third-order valence-electron chi connectivity index (χ3n) is 1.15. The van der Waals surface area contributed by atoms with E-state index in [4.69, 9.17) is 9.84 Å². The molecule has 0 radical (unpaired) electrons. The van der Waals surface area contributed by atoms with Crippen LogP contribution in [0.25, 0.3) is 0 Å². The van der Waals surface area contributed by atoms with Crippen molar-refractivity contribution in [3.63, 3.8) is 0 Å². The van der Waals surface area contributed by atoms with Gasteiger partial charge in [0.2, 0.25) is 0 Å². The molecule has 0 atom stereocenters. The van der Waals surface area contributed by atoms with Crippen molar-refractivity contribution in [3.8, 4) is 0 Å². The molecule has 0 fully saturated rings. The number of rotatable bonds is 2. The van der Waals surface area contributed by atoms with Gasteiger partial charge in [-0.1, -0.05) is 12.2 Å². The van der Waals surface area contributed by atoms with E-state index in [1.165, 1.54) is 12.5 Å². The van der Waals surface area contributed by atoms with Crippen LogP contribution in [0.3, 0.4) is 0 Å². The first kappa shape index (κ1) is 7.60. The van der Waals surface area contributed by atoms with Crippen molar-refractivity contribution in [3.05, 3.63) is 36.3 Å². The minimum absolute atomic E-state index is 0.00181. The molecule has 1 heterocycles. The Balaban J connectivity index is 2.58. The predicted molar refractivity (Wildman–Crippen MR) is 39.7 cm³/mol. The molecule has 0 aliphatic carbocycles. The van der Waals surface area contributed by atoms with Crippen LogP contribution in [-0.2, 0) is 9.53 Å². The zero-order valence-electron chi connectivity index (χ0n) is 5.86. The zero-order chi connectivity index (χ0) is 8.10. The van der Waals surface area contributed by atoms with Crippen LogP contribution < -0.4 is 0 Å². The Morgan fingerprint density at radius 3 is 3.09 bits per heavy atom. The lowest BCUT2D eigenvalue weighted by atomic mass is 10.2. The fourth-order valence-corrected chi connectivity index (χ4v) is 0.711. The van der Waals surface area contributed by atoms with Gasteiger partial charge >= 0.3 is 5.97 Å². The van der Waals surface area contributed by atoms with Crippen LogP contribution in [0.2, 0.25) is 0 Å². The van der Waals surface area contributed by atoms with Gasteiger partial charge in [-0.25, -0.2) is 0 Å². The second kappa shape index (κ2) is 3.61. The van der Waals surface area contributed by atoms with Crippen LogP contribution in [0, 0.1) is 0 Å². The maximum Gasteiger partial charge on any atom is 0.307 e. The molecule has 3 heteroatoms. The maximum absolute atomic E-state index is 10.2. The minimum Gasteiger partial charge on any atom is -0.481 e. The quantitative estimate of drug-likeness (QED) is 0.651. The van der Waals surface area contributed by atoms with E-state index in [-0.39, 0.29) is 6.42 Å². The monoisotopic (exact) mass is 152 g/mol. The van der Waals surface area contributed by atoms with Gasteiger partial charge in [-0.2, -0.15) is 0 Å². The maximum atomic E-state index is 10.2. The molecule has 1 aliphatic rings. The van der Waals surface area contributed by atoms with E-state index in [9.17, 15) is 4.79 Å². The molecular weight excluding hydrogens is 144 g/mol. The molecule has 1 rings (SSSR count). The first-order valence-corrected chi connectivity index (χ1v) is 3.18. The first-order valence-electron chi connectivity index (χ1n) is 3.18. The summed E-state index contributed by atoms with van der Waals surface area (Å²) in [6.45, 7) is 0. The number of carbonyl (C=O) groups is 1. The Kier molecular flexibility index (Phi) is 2.49. The molecule has 0 aromatic carbocycles. The van der Waals surface area contributed by atoms with E-state index in [1.54, 1.807) is 18.2 Å². The number of ether oxygens (including phenoxy) is 1. The Hall–Kier alpha value is -1.51. The van der Waals surface area contributed by atoms with Gasteiger partial charge in [-0.05, 0) is 11.6 Å². The third kappa shape index (κ3) is 2.71. The summed E-state index contributed by atoms with van der Waals surface area (Å²) >= 11 is 0. The Bertz CT molecular complexity index is 236. The van der Waals surface area contributed by atoms with Crippen LogP contribution in [0.1, 0.15) is 6.42 Å². The standard InChI is InChI=1S/C8H8O3/c9-8(10)5-7-3-1-2-4-11-6-7/h1-4,6H,5H2,(H,9,10). The molecule has 0 amide bonds. The summed E-state index contributed by atoms with van der Waals surface area (Å²) in [4.78, 5) is 10.2. The lowest BCUT2D eigenvalue weighted by molar-refractivity contribution is -0.136. The number of hydrogen-bond donors (Lipinski definition) is 1. The van der Waals surface area contributed by atoms with Gasteiger partial charge in [0.1, 0.15) is 0 Å². The molecule has 0 saturated carbocycles. The SMILES string of the molecule is O=C(O)CC1=COC=CC=C1. The van der Waals surface area contributed by atoms with Crippen molar-refractivity contribution in [2.45, 2.75) is 6.42 Å². The highest BCUT2D eigenvalue weighted by Crippen LogP contribution is 2.06. The second-order valence-electron chi connectivity index (χ2n) is 2.09. The van der Waals surface area contributed by atoms with Crippen LogP contribution in [0.5, 0.6) is 0 Å². The predicted octanol–water partition coefficient (Wildman–Crippen LogP) is 1.45. The van der Waals surface area contributed by atoms with Crippen molar-refractivity contribution in [1.82, 2.24) is 0 Å². The summed E-state index contributed by atoms with van der Waals surface area (Å²) in [5.74, 6) is -0.855. The fraction of sp³-hybridized carbons (Fsp3) is 0.125. The molecule has 1 N–H and O–H groups in total. The Morgan fingerprint density at radius 1 is 1.55 bits per heavy atom. The molecule has 58 valence electrons. The number of carboxylic acid groups (broad SMARTS) is 1. The first-order chi connectivity index (χ1) is 5.29. The van der Waals surface area contributed by atoms with Crippen LogP contribution in [-0.4, -0.2) is 11.1 Å². The summed E-state index contributed by atoms with van der Waals surface area (Å²) in [6.07, 6.45) is 8.06. The van der Waals surface area contributed by atoms with E-state index in [2.05, 4.69) is 0 Å². The molecule has 3 nitrogen and oxygen atoms in total. The Morgan fingerprint density at radius 2 is 2.36 bits per heavy atom. The highest BCUT2D eigenvalue weighted by Gasteiger charge is 2.00. The summed E-state index contributed by atoms with van der Waals surface area (Å²) in [7, 11) is 0. The molecule has 1 aliphatic heterocycles. The van der Waals surface area contributed by atoms with Crippen LogP contribution in [0.15, 0.2) is 36.3 Å². The summed E-state index contributed by atoms with van der Waals surface area (Å²) < 4.78 is 4.84. The van der Waals surface area contributed by atoms with E-state index in [1.807, 2.05) is 0 Å². The summed E-state index contributed by atoms with van der Waals surface area (Å²) in [5, 5.41) is 8.41. The molecule has 0 aromatic rings. The van der Waals surface area contributed by atoms with Crippen molar-refractivity contribution in [2.24, 2.45) is 0 Å². The highest BCUT2D eigenvalue weighted by atomic mass is 16.5. The van der Waals surface area contributed by atoms with Gasteiger partial charge in [0.15, 0.2) is 0 Å². The number of hydrogen-bond acceptors (Lipinski definition) is 2. The van der Waals surface area contributed by atoms with Gasteiger partial charge in [0.25, 0.3) is 0 Å². The Labute approximate surface area is 64.3 Å². The highest BCUT2D eigenvalue weighted by molar-refractivity contribution is 5.70. The van der Waals surface area contributed by atoms with Gasteiger partial charge in [0.05, 0.1) is 18.9 Å². The van der Waals surface area contributed by atoms with Gasteiger partial charge < -0.3 is 9.84 Å². The van der Waals surface area contributed by atoms with Gasteiger partial charge in [0, 0.05) is 0 Å². The van der Waals surface area contributed by atoms with Gasteiger partial charge in [-0.3, -0.25) is 4.79 Å². The van der Waals surface area contributed by atoms with Gasteiger partial charge in [-0.15, -0.1) is 0 Å². The van der Waals surface area contributed by atoms with E-state index >= 15 is 0 Å². The second-order valence-corrected chi connectivity index (χ2v) is 2.09. The average Bonchev–Trinajstić information content (AvgIpc) is 2.14. The largest absolute Gasteiger partial charge is 0.481 e. The summed E-state index contributed by atoms with van der Waals surface area (Å²) in [5.41, 5.74) is 0.655. The molecule has 11 heavy (non-hydrogen) atoms. The minimum atomic E-state index is -0.855. The number of aliphatic carboxylic acids is 1. The molecule has 0 aromatic heterocycles. The van der Waals surface area contributed by atoms with Crippen molar-refractivity contribution in [2.75, 3.05) is 0 Å². The normalized spacial score (nSPS) is 15.1. The smallest absolute Gasteiger partial charge is 0.307 e. The van der Waals surface area contributed by atoms with E-state index < -0.39 is 5.97 Å². The molecular formula is C8H8O3. The molecule has 0 unspecified atom stereocenters. The average molecular weight is 152 g/mol. The van der Waals surface area contributed by atoms with E-state index in [0.717, 1.165) is 0 Å². The number of allylic oxidation sites excluding steroid dienone is 3. The van der Waals surface area contributed by atoms with Crippen LogP contribution >= 0.6 is 0 Å². The van der Waals surface area contributed by atoms with Crippen LogP contribution in [0.4, 0.5) is 0 Å². The van der Waals surface area contributed by atoms with Crippen molar-refractivity contribution in [1.29, 1.82) is 0 Å². The lowest BCUT2D eigenvalue weighted by Gasteiger charge is -1.94. The van der Waals surface area contributed by atoms with E-state index in [0.29, 0.717) is 5.57 Å². The lowest BCUT2D eigenvalue weighted by Crippen LogP contribution is -1.95. The van der Waals surface area contributed by atoms with Crippen molar-refractivity contribution < 1.29 is 14.6 Å². The molecule has 0 bridgehead atoms. The molecule has 0 spiro atoms. The topological polar surface area (TPSA) is 46.5 Å². The summed E-state index contributed by atoms with van der Waals surface area (Å²) in [6, 6.07) is 0. The van der Waals surface area contributed by atoms with Crippen molar-refractivity contribution >= 4 is 5.97 Å². The fourth-order valence-electron chi connectivity index (χ4n) is 0.711. The molecule has 0 saturated heterocycles. The number of carboxylic acids is 1. The third-order valence-corrected chi connectivity index (χ3v) is 1.15. The zero-order valence-corrected chi connectivity index (χ0v) is 5.86.